The molecule has 6 nitrogen and oxygen atoms in total. The van der Waals surface area contributed by atoms with Gasteiger partial charge in [-0.2, -0.15) is 0 Å². The highest BCUT2D eigenvalue weighted by molar-refractivity contribution is 6.30. The molecule has 2 aliphatic rings. The summed E-state index contributed by atoms with van der Waals surface area (Å²) < 4.78 is 0. The van der Waals surface area contributed by atoms with E-state index in [0.29, 0.717) is 12.5 Å². The minimum Gasteiger partial charge on any atom is -0.480 e. The normalized spacial score (nSPS) is 25.7. The first-order valence-corrected chi connectivity index (χ1v) is 9.55. The molecule has 0 spiro atoms. The van der Waals surface area contributed by atoms with Gasteiger partial charge < -0.3 is 15.3 Å². The number of likely N-dealkylation sites (N-methyl/N-ethyl adjacent to an activating group) is 1. The number of carbonyl (C=O) groups is 2. The molecule has 0 bridgehead atoms. The van der Waals surface area contributed by atoms with Gasteiger partial charge in [-0.3, -0.25) is 9.69 Å². The Hall–Kier alpha value is -1.79. The topological polar surface area (TPSA) is 72.9 Å². The Kier molecular flexibility index (Phi) is 6.04. The van der Waals surface area contributed by atoms with Gasteiger partial charge in [0.25, 0.3) is 0 Å². The maximum Gasteiger partial charge on any atom is 0.317 e. The van der Waals surface area contributed by atoms with Crippen molar-refractivity contribution in [3.63, 3.8) is 0 Å². The molecule has 1 saturated carbocycles. The largest absolute Gasteiger partial charge is 0.480 e. The first-order valence-electron chi connectivity index (χ1n) is 9.17. The van der Waals surface area contributed by atoms with Crippen LogP contribution in [0.25, 0.3) is 0 Å². The molecule has 2 fully saturated rings. The fourth-order valence-corrected chi connectivity index (χ4v) is 3.97. The Morgan fingerprint density at radius 2 is 2.15 bits per heavy atom. The van der Waals surface area contributed by atoms with Crippen molar-refractivity contribution in [2.75, 3.05) is 26.7 Å². The van der Waals surface area contributed by atoms with Crippen molar-refractivity contribution in [2.45, 2.75) is 43.7 Å². The SMILES string of the molecule is CN(CC(=O)O)C1CCCN(C(=O)N[C@@H]2C[C@H]2c2cccc(Cl)c2)CC1. The van der Waals surface area contributed by atoms with Crippen LogP contribution in [0.2, 0.25) is 5.02 Å². The Labute approximate surface area is 159 Å². The molecule has 1 saturated heterocycles. The van der Waals surface area contributed by atoms with Gasteiger partial charge in [-0.25, -0.2) is 4.79 Å². The number of benzene rings is 1. The molecule has 7 heteroatoms. The van der Waals surface area contributed by atoms with Gasteiger partial charge in [0.1, 0.15) is 0 Å². The summed E-state index contributed by atoms with van der Waals surface area (Å²) in [5.74, 6) is -0.466. The average molecular weight is 380 g/mol. The zero-order valence-corrected chi connectivity index (χ0v) is 15.8. The Balaban J connectivity index is 1.48. The van der Waals surface area contributed by atoms with Crippen molar-refractivity contribution in [1.29, 1.82) is 0 Å². The number of nitrogens with zero attached hydrogens (tertiary/aromatic N) is 2. The Morgan fingerprint density at radius 1 is 1.35 bits per heavy atom. The maximum absolute atomic E-state index is 12.6. The maximum atomic E-state index is 12.6. The molecule has 1 aliphatic heterocycles. The van der Waals surface area contributed by atoms with Crippen LogP contribution in [0.1, 0.15) is 37.2 Å². The molecule has 0 aromatic heterocycles. The second-order valence-corrected chi connectivity index (χ2v) is 7.77. The summed E-state index contributed by atoms with van der Waals surface area (Å²) in [5, 5.41) is 12.8. The van der Waals surface area contributed by atoms with E-state index < -0.39 is 5.97 Å². The smallest absolute Gasteiger partial charge is 0.317 e. The van der Waals surface area contributed by atoms with Crippen molar-refractivity contribution < 1.29 is 14.7 Å². The van der Waals surface area contributed by atoms with Crippen LogP contribution in [0, 0.1) is 0 Å². The summed E-state index contributed by atoms with van der Waals surface area (Å²) in [4.78, 5) is 27.2. The number of hydrogen-bond acceptors (Lipinski definition) is 3. The van der Waals surface area contributed by atoms with Gasteiger partial charge in [0.05, 0.1) is 6.54 Å². The predicted molar refractivity (Wildman–Crippen MR) is 101 cm³/mol. The number of carbonyl (C=O) groups excluding carboxylic acids is 1. The standard InChI is InChI=1S/C19H26ClN3O3/c1-22(12-18(24)25)15-6-3-8-23(9-7-15)19(26)21-17-11-16(17)13-4-2-5-14(20)10-13/h2,4-5,10,15-17H,3,6-9,11-12H2,1H3,(H,21,26)(H,24,25)/t15?,16-,17+/m0/s1. The highest BCUT2D eigenvalue weighted by atomic mass is 35.5. The fourth-order valence-electron chi connectivity index (χ4n) is 3.78. The van der Waals surface area contributed by atoms with Crippen molar-refractivity contribution in [3.05, 3.63) is 34.9 Å². The zero-order valence-electron chi connectivity index (χ0n) is 15.0. The third-order valence-corrected chi connectivity index (χ3v) is 5.60. The van der Waals surface area contributed by atoms with Crippen LogP contribution >= 0.6 is 11.6 Å². The lowest BCUT2D eigenvalue weighted by Crippen LogP contribution is -2.42. The summed E-state index contributed by atoms with van der Waals surface area (Å²) in [6, 6.07) is 8.19. The summed E-state index contributed by atoms with van der Waals surface area (Å²) in [6.07, 6.45) is 3.57. The Morgan fingerprint density at radius 3 is 2.88 bits per heavy atom. The molecular formula is C19H26ClN3O3. The predicted octanol–water partition coefficient (Wildman–Crippen LogP) is 2.78. The quantitative estimate of drug-likeness (QED) is 0.825. The van der Waals surface area contributed by atoms with Crippen LogP contribution < -0.4 is 5.32 Å². The van der Waals surface area contributed by atoms with E-state index in [1.54, 1.807) is 0 Å². The Bertz CT molecular complexity index is 669. The second kappa shape index (κ2) is 8.27. The van der Waals surface area contributed by atoms with Gasteiger partial charge in [0.15, 0.2) is 0 Å². The molecule has 1 unspecified atom stereocenters. The lowest BCUT2D eigenvalue weighted by Gasteiger charge is -2.25. The fraction of sp³-hybridized carbons (Fsp3) is 0.579. The molecule has 0 radical (unpaired) electrons. The second-order valence-electron chi connectivity index (χ2n) is 7.33. The number of likely N-dealkylation sites (tertiary alicyclic amines) is 1. The number of hydrogen-bond donors (Lipinski definition) is 2. The number of carboxylic acid groups (broad SMARTS) is 1. The van der Waals surface area contributed by atoms with E-state index in [4.69, 9.17) is 16.7 Å². The van der Waals surface area contributed by atoms with Gasteiger partial charge in [0, 0.05) is 36.1 Å². The first-order chi connectivity index (χ1) is 12.4. The molecule has 1 heterocycles. The zero-order chi connectivity index (χ0) is 18.7. The molecule has 3 rings (SSSR count). The lowest BCUT2D eigenvalue weighted by molar-refractivity contribution is -0.138. The molecule has 142 valence electrons. The first kappa shape index (κ1) is 19.0. The molecule has 1 aromatic carbocycles. The van der Waals surface area contributed by atoms with Gasteiger partial charge >= 0.3 is 12.0 Å². The summed E-state index contributed by atoms with van der Waals surface area (Å²) in [7, 11) is 1.84. The van der Waals surface area contributed by atoms with E-state index in [0.717, 1.165) is 37.3 Å². The molecule has 2 N–H and O–H groups in total. The number of aliphatic carboxylic acids is 1. The van der Waals surface area contributed by atoms with Crippen molar-refractivity contribution in [2.24, 2.45) is 0 Å². The van der Waals surface area contributed by atoms with E-state index in [9.17, 15) is 9.59 Å². The average Bonchev–Trinajstić information content (AvgIpc) is 3.36. The van der Waals surface area contributed by atoms with Crippen LogP contribution in [0.15, 0.2) is 24.3 Å². The number of halogens is 1. The minimum absolute atomic E-state index is 0.0129. The summed E-state index contributed by atoms with van der Waals surface area (Å²) in [6.45, 7) is 1.42. The third kappa shape index (κ3) is 4.89. The number of amides is 2. The summed E-state index contributed by atoms with van der Waals surface area (Å²) in [5.41, 5.74) is 1.18. The van der Waals surface area contributed by atoms with E-state index in [2.05, 4.69) is 11.4 Å². The molecule has 3 atom stereocenters. The number of carboxylic acids is 1. The van der Waals surface area contributed by atoms with Gasteiger partial charge in [-0.15, -0.1) is 0 Å². The lowest BCUT2D eigenvalue weighted by atomic mass is 10.1. The molecule has 2 amide bonds. The molecule has 1 aliphatic carbocycles. The van der Waals surface area contributed by atoms with Crippen LogP contribution in [0.4, 0.5) is 4.79 Å². The van der Waals surface area contributed by atoms with E-state index in [1.807, 2.05) is 35.0 Å². The van der Waals surface area contributed by atoms with Crippen molar-refractivity contribution in [1.82, 2.24) is 15.1 Å². The van der Waals surface area contributed by atoms with E-state index >= 15 is 0 Å². The van der Waals surface area contributed by atoms with Crippen molar-refractivity contribution in [3.8, 4) is 0 Å². The van der Waals surface area contributed by atoms with E-state index in [1.165, 1.54) is 5.56 Å². The van der Waals surface area contributed by atoms with Gasteiger partial charge in [-0.05, 0) is 50.4 Å². The number of nitrogens with one attached hydrogen (secondary N) is 1. The minimum atomic E-state index is -0.813. The highest BCUT2D eigenvalue weighted by Crippen LogP contribution is 2.41. The van der Waals surface area contributed by atoms with Crippen LogP contribution in [0.3, 0.4) is 0 Å². The number of urea groups is 1. The van der Waals surface area contributed by atoms with Crippen molar-refractivity contribution >= 4 is 23.6 Å². The third-order valence-electron chi connectivity index (χ3n) is 5.37. The molecular weight excluding hydrogens is 354 g/mol. The number of rotatable bonds is 5. The van der Waals surface area contributed by atoms with Crippen LogP contribution in [0.5, 0.6) is 0 Å². The van der Waals surface area contributed by atoms with Crippen LogP contribution in [-0.2, 0) is 4.79 Å². The molecule has 26 heavy (non-hydrogen) atoms. The summed E-state index contributed by atoms with van der Waals surface area (Å²) >= 11 is 6.04. The monoisotopic (exact) mass is 379 g/mol. The van der Waals surface area contributed by atoms with Crippen LogP contribution in [-0.4, -0.2) is 65.7 Å². The van der Waals surface area contributed by atoms with E-state index in [-0.39, 0.29) is 24.7 Å². The highest BCUT2D eigenvalue weighted by Gasteiger charge is 2.40. The van der Waals surface area contributed by atoms with Gasteiger partial charge in [-0.1, -0.05) is 23.7 Å². The molecule has 1 aromatic rings. The van der Waals surface area contributed by atoms with Gasteiger partial charge in [0.2, 0.25) is 0 Å².